The molecule has 20 heavy (non-hydrogen) atoms. The molecule has 0 fully saturated rings. The van der Waals surface area contributed by atoms with Gasteiger partial charge in [-0.25, -0.2) is 0 Å². The van der Waals surface area contributed by atoms with Crippen LogP contribution in [0.5, 0.6) is 17.2 Å². The SMILES string of the molecule is COc1cccc(Oc2ccc(Br)c(C)c2)c1[C@H](C)N. The summed E-state index contributed by atoms with van der Waals surface area (Å²) in [7, 11) is 1.63. The third-order valence-corrected chi connectivity index (χ3v) is 3.95. The molecular formula is C16H18BrNO2. The summed E-state index contributed by atoms with van der Waals surface area (Å²) < 4.78 is 12.4. The first-order valence-corrected chi connectivity index (χ1v) is 7.18. The highest BCUT2D eigenvalue weighted by molar-refractivity contribution is 9.10. The predicted molar refractivity (Wildman–Crippen MR) is 84.5 cm³/mol. The Morgan fingerprint density at radius 3 is 2.45 bits per heavy atom. The van der Waals surface area contributed by atoms with E-state index >= 15 is 0 Å². The van der Waals surface area contributed by atoms with Crippen molar-refractivity contribution in [1.82, 2.24) is 0 Å². The summed E-state index contributed by atoms with van der Waals surface area (Å²) in [6, 6.07) is 11.4. The fourth-order valence-corrected chi connectivity index (χ4v) is 2.29. The largest absolute Gasteiger partial charge is 0.496 e. The van der Waals surface area contributed by atoms with Crippen molar-refractivity contribution >= 4 is 15.9 Å². The van der Waals surface area contributed by atoms with Crippen LogP contribution in [0.4, 0.5) is 0 Å². The van der Waals surface area contributed by atoms with Crippen molar-refractivity contribution in [1.29, 1.82) is 0 Å². The Bertz CT molecular complexity index is 611. The Morgan fingerprint density at radius 2 is 1.85 bits per heavy atom. The number of nitrogens with two attached hydrogens (primary N) is 1. The first-order chi connectivity index (χ1) is 9.52. The smallest absolute Gasteiger partial charge is 0.135 e. The minimum Gasteiger partial charge on any atom is -0.496 e. The van der Waals surface area contributed by atoms with Gasteiger partial charge in [0.1, 0.15) is 17.2 Å². The minimum atomic E-state index is -0.169. The Labute approximate surface area is 127 Å². The van der Waals surface area contributed by atoms with Crippen LogP contribution in [-0.4, -0.2) is 7.11 Å². The molecule has 0 heterocycles. The fraction of sp³-hybridized carbons (Fsp3) is 0.250. The van der Waals surface area contributed by atoms with E-state index in [1.54, 1.807) is 7.11 Å². The number of ether oxygens (including phenoxy) is 2. The summed E-state index contributed by atoms with van der Waals surface area (Å²) in [5.74, 6) is 2.24. The van der Waals surface area contributed by atoms with E-state index < -0.39 is 0 Å². The molecule has 0 saturated heterocycles. The van der Waals surface area contributed by atoms with Gasteiger partial charge in [0.05, 0.1) is 12.7 Å². The lowest BCUT2D eigenvalue weighted by Crippen LogP contribution is -2.08. The Morgan fingerprint density at radius 1 is 1.15 bits per heavy atom. The van der Waals surface area contributed by atoms with Crippen molar-refractivity contribution in [2.75, 3.05) is 7.11 Å². The minimum absolute atomic E-state index is 0.169. The normalized spacial score (nSPS) is 12.1. The van der Waals surface area contributed by atoms with Gasteiger partial charge in [-0.2, -0.15) is 0 Å². The maximum absolute atomic E-state index is 6.03. The average molecular weight is 336 g/mol. The summed E-state index contributed by atoms with van der Waals surface area (Å²) in [5, 5.41) is 0. The molecule has 2 aromatic carbocycles. The van der Waals surface area contributed by atoms with Crippen molar-refractivity contribution in [3.05, 3.63) is 52.0 Å². The van der Waals surface area contributed by atoms with Crippen LogP contribution in [0.3, 0.4) is 0 Å². The monoisotopic (exact) mass is 335 g/mol. The van der Waals surface area contributed by atoms with E-state index in [0.717, 1.165) is 32.8 Å². The molecule has 0 aliphatic carbocycles. The average Bonchev–Trinajstić information content (AvgIpc) is 2.42. The van der Waals surface area contributed by atoms with Crippen LogP contribution >= 0.6 is 15.9 Å². The van der Waals surface area contributed by atoms with E-state index in [1.807, 2.05) is 50.2 Å². The molecule has 0 amide bonds. The van der Waals surface area contributed by atoms with E-state index in [1.165, 1.54) is 0 Å². The van der Waals surface area contributed by atoms with Gasteiger partial charge >= 0.3 is 0 Å². The first-order valence-electron chi connectivity index (χ1n) is 6.39. The van der Waals surface area contributed by atoms with Crippen LogP contribution in [0.25, 0.3) is 0 Å². The van der Waals surface area contributed by atoms with Crippen LogP contribution in [0.1, 0.15) is 24.1 Å². The lowest BCUT2D eigenvalue weighted by molar-refractivity contribution is 0.397. The van der Waals surface area contributed by atoms with E-state index in [9.17, 15) is 0 Å². The Kier molecular flexibility index (Phi) is 4.68. The zero-order chi connectivity index (χ0) is 14.7. The van der Waals surface area contributed by atoms with Gasteiger partial charge in [-0.05, 0) is 49.7 Å². The second-order valence-electron chi connectivity index (χ2n) is 4.67. The molecule has 0 aromatic heterocycles. The van der Waals surface area contributed by atoms with Gasteiger partial charge in [-0.1, -0.05) is 22.0 Å². The van der Waals surface area contributed by atoms with Crippen LogP contribution in [0.15, 0.2) is 40.9 Å². The topological polar surface area (TPSA) is 44.5 Å². The lowest BCUT2D eigenvalue weighted by Gasteiger charge is -2.17. The molecule has 0 unspecified atom stereocenters. The highest BCUT2D eigenvalue weighted by Gasteiger charge is 2.15. The van der Waals surface area contributed by atoms with Crippen LogP contribution in [0.2, 0.25) is 0 Å². The highest BCUT2D eigenvalue weighted by atomic mass is 79.9. The lowest BCUT2D eigenvalue weighted by atomic mass is 10.1. The molecule has 2 aromatic rings. The highest BCUT2D eigenvalue weighted by Crippen LogP contribution is 2.36. The molecule has 0 spiro atoms. The second kappa shape index (κ2) is 6.29. The number of benzene rings is 2. The zero-order valence-electron chi connectivity index (χ0n) is 11.8. The van der Waals surface area contributed by atoms with Crippen molar-refractivity contribution < 1.29 is 9.47 Å². The third-order valence-electron chi connectivity index (χ3n) is 3.06. The number of hydrogen-bond donors (Lipinski definition) is 1. The molecule has 1 atom stereocenters. The van der Waals surface area contributed by atoms with E-state index in [4.69, 9.17) is 15.2 Å². The molecule has 106 valence electrons. The summed E-state index contributed by atoms with van der Waals surface area (Å²) in [6.45, 7) is 3.94. The van der Waals surface area contributed by atoms with Gasteiger partial charge in [0.2, 0.25) is 0 Å². The van der Waals surface area contributed by atoms with Gasteiger partial charge < -0.3 is 15.2 Å². The molecule has 0 radical (unpaired) electrons. The summed E-state index contributed by atoms with van der Waals surface area (Å²) in [4.78, 5) is 0. The quantitative estimate of drug-likeness (QED) is 0.889. The number of hydrogen-bond acceptors (Lipinski definition) is 3. The standard InChI is InChI=1S/C16H18BrNO2/c1-10-9-12(7-8-13(10)17)20-15-6-4-5-14(19-3)16(15)11(2)18/h4-9,11H,18H2,1-3H3/t11-/m0/s1. The Balaban J connectivity index is 2.40. The predicted octanol–water partition coefficient (Wildman–Crippen LogP) is 4.58. The van der Waals surface area contributed by atoms with Crippen molar-refractivity contribution in [2.24, 2.45) is 5.73 Å². The van der Waals surface area contributed by atoms with Gasteiger partial charge in [-0.3, -0.25) is 0 Å². The molecule has 4 heteroatoms. The molecule has 0 bridgehead atoms. The van der Waals surface area contributed by atoms with E-state index in [2.05, 4.69) is 15.9 Å². The zero-order valence-corrected chi connectivity index (χ0v) is 13.4. The third kappa shape index (κ3) is 3.14. The number of halogens is 1. The molecule has 2 N–H and O–H groups in total. The molecule has 2 rings (SSSR count). The number of methoxy groups -OCH3 is 1. The van der Waals surface area contributed by atoms with Gasteiger partial charge in [-0.15, -0.1) is 0 Å². The van der Waals surface area contributed by atoms with Crippen LogP contribution in [-0.2, 0) is 0 Å². The number of aryl methyl sites for hydroxylation is 1. The van der Waals surface area contributed by atoms with E-state index in [0.29, 0.717) is 0 Å². The summed E-state index contributed by atoms with van der Waals surface area (Å²) in [6.07, 6.45) is 0. The van der Waals surface area contributed by atoms with Gasteiger partial charge in [0, 0.05) is 10.5 Å². The molecule has 0 saturated carbocycles. The van der Waals surface area contributed by atoms with Crippen LogP contribution in [0, 0.1) is 6.92 Å². The maximum atomic E-state index is 6.03. The second-order valence-corrected chi connectivity index (χ2v) is 5.53. The maximum Gasteiger partial charge on any atom is 0.135 e. The van der Waals surface area contributed by atoms with Crippen molar-refractivity contribution in [2.45, 2.75) is 19.9 Å². The molecule has 0 aliphatic heterocycles. The van der Waals surface area contributed by atoms with Crippen LogP contribution < -0.4 is 15.2 Å². The summed E-state index contributed by atoms with van der Waals surface area (Å²) >= 11 is 3.48. The molecule has 3 nitrogen and oxygen atoms in total. The first kappa shape index (κ1) is 14.9. The summed E-state index contributed by atoms with van der Waals surface area (Å²) in [5.41, 5.74) is 8.02. The fourth-order valence-electron chi connectivity index (χ4n) is 2.05. The molecular weight excluding hydrogens is 318 g/mol. The molecule has 0 aliphatic rings. The van der Waals surface area contributed by atoms with Crippen molar-refractivity contribution in [3.8, 4) is 17.2 Å². The Hall–Kier alpha value is -1.52. The van der Waals surface area contributed by atoms with E-state index in [-0.39, 0.29) is 6.04 Å². The van der Waals surface area contributed by atoms with Gasteiger partial charge in [0.15, 0.2) is 0 Å². The van der Waals surface area contributed by atoms with Gasteiger partial charge in [0.25, 0.3) is 0 Å². The number of rotatable bonds is 4. The van der Waals surface area contributed by atoms with Crippen molar-refractivity contribution in [3.63, 3.8) is 0 Å².